The molecule has 0 bridgehead atoms. The number of ketones is 1. The van der Waals surface area contributed by atoms with Crippen LogP contribution in [0.4, 0.5) is 0 Å². The highest BCUT2D eigenvalue weighted by atomic mass is 16.7. The smallest absolute Gasteiger partial charge is 0.231 e. The van der Waals surface area contributed by atoms with E-state index in [9.17, 15) is 4.79 Å². The number of benzene rings is 2. The quantitative estimate of drug-likeness (QED) is 0.544. The number of ether oxygens (including phenoxy) is 2. The molecule has 4 rings (SSSR count). The fraction of sp³-hybridized carbons (Fsp3) is 0.0526. The molecular weight excluding hydrogens is 290 g/mol. The van der Waals surface area contributed by atoms with Crippen molar-refractivity contribution in [3.05, 3.63) is 71.9 Å². The van der Waals surface area contributed by atoms with Gasteiger partial charge in [0, 0.05) is 22.7 Å². The first kappa shape index (κ1) is 13.5. The minimum Gasteiger partial charge on any atom is -0.454 e. The predicted molar refractivity (Wildman–Crippen MR) is 87.7 cm³/mol. The summed E-state index contributed by atoms with van der Waals surface area (Å²) in [5.74, 6) is 1.19. The van der Waals surface area contributed by atoms with Crippen LogP contribution in [0.25, 0.3) is 17.0 Å². The summed E-state index contributed by atoms with van der Waals surface area (Å²) in [6.45, 7) is 0.199. The number of hydrogen-bond donors (Lipinski definition) is 0. The van der Waals surface area contributed by atoms with Crippen molar-refractivity contribution < 1.29 is 14.3 Å². The van der Waals surface area contributed by atoms with Gasteiger partial charge in [0.15, 0.2) is 17.3 Å². The molecule has 0 aliphatic carbocycles. The molecule has 0 fully saturated rings. The van der Waals surface area contributed by atoms with Crippen molar-refractivity contribution in [2.24, 2.45) is 0 Å². The number of pyridine rings is 1. The summed E-state index contributed by atoms with van der Waals surface area (Å²) in [5, 5.41) is 1.05. The summed E-state index contributed by atoms with van der Waals surface area (Å²) < 4.78 is 10.6. The third-order valence-corrected chi connectivity index (χ3v) is 3.74. The standard InChI is InChI=1S/C19H13NO3/c21-16(15-7-9-17-18(11-15)23-12-22-17)8-6-14-4-1-3-13-5-2-10-20-19(13)14/h1-11H,12H2. The van der Waals surface area contributed by atoms with E-state index >= 15 is 0 Å². The summed E-state index contributed by atoms with van der Waals surface area (Å²) in [4.78, 5) is 16.7. The van der Waals surface area contributed by atoms with Crippen LogP contribution in [-0.2, 0) is 0 Å². The number of fused-ring (bicyclic) bond motifs is 2. The van der Waals surface area contributed by atoms with E-state index in [-0.39, 0.29) is 12.6 Å². The van der Waals surface area contributed by atoms with Gasteiger partial charge in [-0.2, -0.15) is 0 Å². The van der Waals surface area contributed by atoms with Gasteiger partial charge in [0.2, 0.25) is 6.79 Å². The fourth-order valence-corrected chi connectivity index (χ4v) is 2.57. The van der Waals surface area contributed by atoms with Crippen molar-refractivity contribution in [1.29, 1.82) is 0 Å². The summed E-state index contributed by atoms with van der Waals surface area (Å²) >= 11 is 0. The zero-order valence-electron chi connectivity index (χ0n) is 12.2. The van der Waals surface area contributed by atoms with Crippen molar-refractivity contribution in [3.8, 4) is 11.5 Å². The zero-order chi connectivity index (χ0) is 15.6. The average molecular weight is 303 g/mol. The van der Waals surface area contributed by atoms with Crippen LogP contribution in [0.15, 0.2) is 60.8 Å². The largest absolute Gasteiger partial charge is 0.454 e. The average Bonchev–Trinajstić information content (AvgIpc) is 3.07. The summed E-state index contributed by atoms with van der Waals surface area (Å²) in [6.07, 6.45) is 5.10. The number of para-hydroxylation sites is 1. The Morgan fingerprint density at radius 2 is 1.91 bits per heavy atom. The van der Waals surface area contributed by atoms with E-state index in [1.807, 2.05) is 30.3 Å². The first-order valence-corrected chi connectivity index (χ1v) is 7.27. The Kier molecular flexibility index (Phi) is 3.27. The molecule has 112 valence electrons. The van der Waals surface area contributed by atoms with Crippen molar-refractivity contribution in [1.82, 2.24) is 4.98 Å². The van der Waals surface area contributed by atoms with E-state index in [1.165, 1.54) is 0 Å². The van der Waals surface area contributed by atoms with Gasteiger partial charge in [-0.3, -0.25) is 9.78 Å². The molecule has 0 unspecified atom stereocenters. The first-order valence-electron chi connectivity index (χ1n) is 7.27. The van der Waals surface area contributed by atoms with Crippen molar-refractivity contribution in [2.45, 2.75) is 0 Å². The van der Waals surface area contributed by atoms with Crippen molar-refractivity contribution in [3.63, 3.8) is 0 Å². The molecule has 0 spiro atoms. The van der Waals surface area contributed by atoms with Crippen molar-refractivity contribution >= 4 is 22.8 Å². The second kappa shape index (κ2) is 5.57. The maximum absolute atomic E-state index is 12.4. The molecule has 0 saturated heterocycles. The molecule has 0 amide bonds. The highest BCUT2D eigenvalue weighted by Gasteiger charge is 2.15. The topological polar surface area (TPSA) is 48.4 Å². The SMILES string of the molecule is O=C(C=Cc1cccc2cccnc12)c1ccc2c(c1)OCO2. The third-order valence-electron chi connectivity index (χ3n) is 3.74. The van der Waals surface area contributed by atoms with Gasteiger partial charge in [-0.25, -0.2) is 0 Å². The number of hydrogen-bond acceptors (Lipinski definition) is 4. The lowest BCUT2D eigenvalue weighted by atomic mass is 10.1. The van der Waals surface area contributed by atoms with Crippen LogP contribution in [0.5, 0.6) is 11.5 Å². The van der Waals surface area contributed by atoms with E-state index in [4.69, 9.17) is 9.47 Å². The minimum absolute atomic E-state index is 0.0868. The normalized spacial score (nSPS) is 12.9. The molecule has 0 radical (unpaired) electrons. The zero-order valence-corrected chi connectivity index (χ0v) is 12.2. The van der Waals surface area contributed by atoms with Crippen molar-refractivity contribution in [2.75, 3.05) is 6.79 Å². The molecule has 0 N–H and O–H groups in total. The Morgan fingerprint density at radius 3 is 2.87 bits per heavy atom. The van der Waals surface area contributed by atoms with Crippen LogP contribution < -0.4 is 9.47 Å². The Bertz CT molecular complexity index is 926. The second-order valence-electron chi connectivity index (χ2n) is 5.19. The van der Waals surface area contributed by atoms with Crippen LogP contribution in [0, 0.1) is 0 Å². The highest BCUT2D eigenvalue weighted by Crippen LogP contribution is 2.32. The van der Waals surface area contributed by atoms with Gasteiger partial charge < -0.3 is 9.47 Å². The lowest BCUT2D eigenvalue weighted by Gasteiger charge is -2.01. The number of carbonyl (C=O) groups is 1. The summed E-state index contributed by atoms with van der Waals surface area (Å²) in [6, 6.07) is 15.0. The minimum atomic E-state index is -0.0868. The highest BCUT2D eigenvalue weighted by molar-refractivity contribution is 6.08. The second-order valence-corrected chi connectivity index (χ2v) is 5.19. The number of aromatic nitrogens is 1. The molecule has 0 atom stereocenters. The molecule has 23 heavy (non-hydrogen) atoms. The van der Waals surface area contributed by atoms with Gasteiger partial charge >= 0.3 is 0 Å². The number of nitrogens with zero attached hydrogens (tertiary/aromatic N) is 1. The number of rotatable bonds is 3. The summed E-state index contributed by atoms with van der Waals surface area (Å²) in [5.41, 5.74) is 2.36. The van der Waals surface area contributed by atoms with E-state index in [1.54, 1.807) is 36.5 Å². The lowest BCUT2D eigenvalue weighted by molar-refractivity contribution is 0.104. The Labute approximate surface area is 133 Å². The van der Waals surface area contributed by atoms with Crippen LogP contribution >= 0.6 is 0 Å². The molecule has 4 nitrogen and oxygen atoms in total. The Morgan fingerprint density at radius 1 is 1.04 bits per heavy atom. The molecule has 0 saturated carbocycles. The van der Waals surface area contributed by atoms with Crippen LogP contribution in [-0.4, -0.2) is 17.6 Å². The molecule has 1 aliphatic heterocycles. The first-order chi connectivity index (χ1) is 11.3. The van der Waals surface area contributed by atoms with E-state index in [0.717, 1.165) is 16.5 Å². The third kappa shape index (κ3) is 2.55. The Hall–Kier alpha value is -3.14. The van der Waals surface area contributed by atoms with Gasteiger partial charge in [0.1, 0.15) is 0 Å². The number of carbonyl (C=O) groups excluding carboxylic acids is 1. The fourth-order valence-electron chi connectivity index (χ4n) is 2.57. The van der Waals surface area contributed by atoms with Gasteiger partial charge in [0.25, 0.3) is 0 Å². The van der Waals surface area contributed by atoms with Gasteiger partial charge in [-0.1, -0.05) is 24.3 Å². The molecular formula is C19H13NO3. The van der Waals surface area contributed by atoms with Crippen LogP contribution in [0.1, 0.15) is 15.9 Å². The van der Waals surface area contributed by atoms with E-state index in [2.05, 4.69) is 4.98 Å². The van der Waals surface area contributed by atoms with Crippen LogP contribution in [0.2, 0.25) is 0 Å². The predicted octanol–water partition coefficient (Wildman–Crippen LogP) is 3.86. The van der Waals surface area contributed by atoms with Gasteiger partial charge in [-0.05, 0) is 36.4 Å². The lowest BCUT2D eigenvalue weighted by Crippen LogP contribution is -1.94. The Balaban J connectivity index is 1.64. The monoisotopic (exact) mass is 303 g/mol. The molecule has 3 aromatic rings. The molecule has 1 aromatic heterocycles. The maximum Gasteiger partial charge on any atom is 0.231 e. The molecule has 2 heterocycles. The molecule has 1 aliphatic rings. The maximum atomic E-state index is 12.4. The van der Waals surface area contributed by atoms with E-state index < -0.39 is 0 Å². The molecule has 2 aromatic carbocycles. The number of allylic oxidation sites excluding steroid dienone is 1. The van der Waals surface area contributed by atoms with Gasteiger partial charge in [-0.15, -0.1) is 0 Å². The van der Waals surface area contributed by atoms with Gasteiger partial charge in [0.05, 0.1) is 5.52 Å². The van der Waals surface area contributed by atoms with Crippen LogP contribution in [0.3, 0.4) is 0 Å². The molecule has 4 heteroatoms. The van der Waals surface area contributed by atoms with E-state index in [0.29, 0.717) is 17.1 Å². The summed E-state index contributed by atoms with van der Waals surface area (Å²) in [7, 11) is 0.